The summed E-state index contributed by atoms with van der Waals surface area (Å²) < 4.78 is 19.8. The molecule has 0 amide bonds. The number of aromatic nitrogens is 2. The maximum Gasteiger partial charge on any atom is 0.337 e. The van der Waals surface area contributed by atoms with Gasteiger partial charge in [0.05, 0.1) is 29.4 Å². The zero-order valence-corrected chi connectivity index (χ0v) is 21.9. The lowest BCUT2D eigenvalue weighted by atomic mass is 9.81. The highest BCUT2D eigenvalue weighted by Crippen LogP contribution is 2.43. The second kappa shape index (κ2) is 11.2. The predicted molar refractivity (Wildman–Crippen MR) is 148 cm³/mol. The maximum absolute atomic E-state index is 14.4. The van der Waals surface area contributed by atoms with Gasteiger partial charge in [-0.05, 0) is 41.8 Å². The summed E-state index contributed by atoms with van der Waals surface area (Å²) in [7, 11) is 0. The highest BCUT2D eigenvalue weighted by Gasteiger charge is 2.38. The van der Waals surface area contributed by atoms with Crippen LogP contribution in [0.15, 0.2) is 94.4 Å². The van der Waals surface area contributed by atoms with Crippen molar-refractivity contribution in [2.24, 2.45) is 0 Å². The Bertz CT molecular complexity index is 1590. The number of anilines is 1. The summed E-state index contributed by atoms with van der Waals surface area (Å²) >= 11 is 7.62. The van der Waals surface area contributed by atoms with Crippen LogP contribution in [0, 0.1) is 5.82 Å². The first kappa shape index (κ1) is 25.8. The molecule has 0 saturated heterocycles. The number of nitrogens with zero attached hydrogens (tertiary/aromatic N) is 1. The Labute approximate surface area is 227 Å². The molecular formula is C29H23ClFN3O3S. The van der Waals surface area contributed by atoms with E-state index in [0.29, 0.717) is 32.8 Å². The third-order valence-corrected chi connectivity index (χ3v) is 7.38. The van der Waals surface area contributed by atoms with Gasteiger partial charge in [-0.3, -0.25) is 4.79 Å². The van der Waals surface area contributed by atoms with Crippen LogP contribution in [0.4, 0.5) is 10.2 Å². The van der Waals surface area contributed by atoms with Gasteiger partial charge in [0.15, 0.2) is 5.16 Å². The molecule has 38 heavy (non-hydrogen) atoms. The maximum atomic E-state index is 14.4. The Hall–Kier alpha value is -3.88. The van der Waals surface area contributed by atoms with Crippen LogP contribution in [0.3, 0.4) is 0 Å². The van der Waals surface area contributed by atoms with Gasteiger partial charge < -0.3 is 15.0 Å². The Balaban J connectivity index is 1.67. The molecule has 0 saturated carbocycles. The van der Waals surface area contributed by atoms with Crippen molar-refractivity contribution in [2.75, 3.05) is 11.9 Å². The minimum absolute atomic E-state index is 0.138. The summed E-state index contributed by atoms with van der Waals surface area (Å²) in [5.74, 6) is -1.21. The topological polar surface area (TPSA) is 84.1 Å². The quantitative estimate of drug-likeness (QED) is 0.158. The van der Waals surface area contributed by atoms with E-state index in [1.807, 2.05) is 48.5 Å². The first-order valence-electron chi connectivity index (χ1n) is 12.0. The average Bonchev–Trinajstić information content (AvgIpc) is 2.92. The van der Waals surface area contributed by atoms with E-state index in [1.54, 1.807) is 25.1 Å². The number of carbonyl (C=O) groups excluding carboxylic acids is 1. The van der Waals surface area contributed by atoms with Crippen LogP contribution in [-0.4, -0.2) is 22.5 Å². The number of aromatic amines is 1. The number of rotatable bonds is 7. The van der Waals surface area contributed by atoms with Crippen molar-refractivity contribution in [3.63, 3.8) is 0 Å². The van der Waals surface area contributed by atoms with Gasteiger partial charge in [-0.25, -0.2) is 14.2 Å². The van der Waals surface area contributed by atoms with Gasteiger partial charge in [-0.15, -0.1) is 0 Å². The molecule has 0 radical (unpaired) electrons. The van der Waals surface area contributed by atoms with Crippen LogP contribution in [0.25, 0.3) is 5.70 Å². The number of carbonyl (C=O) groups is 1. The molecule has 2 heterocycles. The Kier molecular flexibility index (Phi) is 7.62. The molecule has 192 valence electrons. The van der Waals surface area contributed by atoms with E-state index in [0.717, 1.165) is 5.56 Å². The van der Waals surface area contributed by atoms with Gasteiger partial charge in [0.1, 0.15) is 11.6 Å². The Morgan fingerprint density at radius 2 is 1.84 bits per heavy atom. The molecule has 9 heteroatoms. The van der Waals surface area contributed by atoms with E-state index >= 15 is 0 Å². The van der Waals surface area contributed by atoms with Gasteiger partial charge in [0.25, 0.3) is 5.56 Å². The number of H-pyrrole nitrogens is 1. The van der Waals surface area contributed by atoms with Crippen LogP contribution in [0.1, 0.15) is 35.1 Å². The summed E-state index contributed by atoms with van der Waals surface area (Å²) in [5, 5.41) is 4.23. The molecule has 1 aliphatic rings. The fourth-order valence-corrected chi connectivity index (χ4v) is 5.56. The normalized spacial score (nSPS) is 14.6. The molecule has 0 bridgehead atoms. The SMILES string of the molecule is CCOC(=O)C1=C(c2ccccc2)Nc2nc(SCc3ccccc3Cl)[nH]c(=O)c2C1c1cccc(F)c1. The van der Waals surface area contributed by atoms with E-state index in [1.165, 1.54) is 23.9 Å². The highest BCUT2D eigenvalue weighted by molar-refractivity contribution is 7.98. The fourth-order valence-electron chi connectivity index (χ4n) is 4.41. The van der Waals surface area contributed by atoms with Crippen LogP contribution in [0.5, 0.6) is 0 Å². The minimum Gasteiger partial charge on any atom is -0.463 e. The third-order valence-electron chi connectivity index (χ3n) is 6.09. The lowest BCUT2D eigenvalue weighted by Gasteiger charge is -2.30. The van der Waals surface area contributed by atoms with Crippen LogP contribution >= 0.6 is 23.4 Å². The van der Waals surface area contributed by atoms with E-state index < -0.39 is 23.3 Å². The van der Waals surface area contributed by atoms with E-state index in [4.69, 9.17) is 21.3 Å². The Morgan fingerprint density at radius 1 is 1.08 bits per heavy atom. The number of ether oxygens (including phenoxy) is 1. The van der Waals surface area contributed by atoms with Crippen LogP contribution in [-0.2, 0) is 15.3 Å². The average molecular weight is 548 g/mol. The van der Waals surface area contributed by atoms with Gasteiger partial charge in [-0.2, -0.15) is 0 Å². The highest BCUT2D eigenvalue weighted by atomic mass is 35.5. The molecule has 3 aromatic carbocycles. The number of hydrogen-bond acceptors (Lipinski definition) is 6. The van der Waals surface area contributed by atoms with Crippen molar-refractivity contribution >= 4 is 40.8 Å². The number of fused-ring (bicyclic) bond motifs is 1. The second-order valence-electron chi connectivity index (χ2n) is 8.50. The fraction of sp³-hybridized carbons (Fsp3) is 0.138. The number of nitrogens with one attached hydrogen (secondary N) is 2. The molecule has 0 fully saturated rings. The van der Waals surface area contributed by atoms with Crippen LogP contribution in [0.2, 0.25) is 5.02 Å². The minimum atomic E-state index is -0.907. The molecule has 4 aromatic rings. The van der Waals surface area contributed by atoms with Crippen molar-refractivity contribution in [3.8, 4) is 0 Å². The van der Waals surface area contributed by atoms with Crippen LogP contribution < -0.4 is 10.9 Å². The summed E-state index contributed by atoms with van der Waals surface area (Å²) in [5.41, 5.74) is 2.47. The first-order chi connectivity index (χ1) is 18.5. The molecule has 0 spiro atoms. The Morgan fingerprint density at radius 3 is 2.58 bits per heavy atom. The predicted octanol–water partition coefficient (Wildman–Crippen LogP) is 6.39. The molecule has 2 N–H and O–H groups in total. The van der Waals surface area contributed by atoms with Crippen molar-refractivity contribution in [3.05, 3.63) is 128 Å². The lowest BCUT2D eigenvalue weighted by Crippen LogP contribution is -2.31. The van der Waals surface area contributed by atoms with Crippen molar-refractivity contribution in [1.82, 2.24) is 9.97 Å². The second-order valence-corrected chi connectivity index (χ2v) is 9.87. The number of benzene rings is 3. The molecule has 0 aliphatic carbocycles. The third kappa shape index (κ3) is 5.23. The van der Waals surface area contributed by atoms with E-state index in [2.05, 4.69) is 10.3 Å². The van der Waals surface area contributed by atoms with Gasteiger partial charge in [-0.1, -0.05) is 84.0 Å². The van der Waals surface area contributed by atoms with Gasteiger partial charge >= 0.3 is 5.97 Å². The van der Waals surface area contributed by atoms with E-state index in [9.17, 15) is 14.0 Å². The smallest absolute Gasteiger partial charge is 0.337 e. The standard InChI is InChI=1S/C29H23ClFN3O3S/c1-2-37-28(36)23-22(18-12-8-13-20(31)15-18)24-26(32-25(23)17-9-4-3-5-10-17)33-29(34-27(24)35)38-16-19-11-6-7-14-21(19)30/h3-15,22H,2,16H2,1H3,(H2,32,33,34,35). The number of hydrogen-bond donors (Lipinski definition) is 2. The summed E-state index contributed by atoms with van der Waals surface area (Å²) in [4.78, 5) is 34.5. The molecule has 6 nitrogen and oxygen atoms in total. The zero-order chi connectivity index (χ0) is 26.6. The summed E-state index contributed by atoms with van der Waals surface area (Å²) in [6.07, 6.45) is 0. The van der Waals surface area contributed by atoms with Gasteiger partial charge in [0, 0.05) is 10.8 Å². The molecule has 1 aliphatic heterocycles. The summed E-state index contributed by atoms with van der Waals surface area (Å²) in [6.45, 7) is 1.85. The zero-order valence-electron chi connectivity index (χ0n) is 20.3. The van der Waals surface area contributed by atoms with Crippen molar-refractivity contribution in [1.29, 1.82) is 0 Å². The largest absolute Gasteiger partial charge is 0.463 e. The monoisotopic (exact) mass is 547 g/mol. The van der Waals surface area contributed by atoms with Gasteiger partial charge in [0.2, 0.25) is 0 Å². The molecular weight excluding hydrogens is 525 g/mol. The van der Waals surface area contributed by atoms with E-state index in [-0.39, 0.29) is 23.6 Å². The summed E-state index contributed by atoms with van der Waals surface area (Å²) in [6, 6.07) is 22.6. The number of thioether (sulfide) groups is 1. The van der Waals surface area contributed by atoms with Crippen molar-refractivity contribution < 1.29 is 13.9 Å². The molecule has 1 unspecified atom stereocenters. The molecule has 5 rings (SSSR count). The number of halogens is 2. The molecule has 1 aromatic heterocycles. The number of esters is 1. The lowest BCUT2D eigenvalue weighted by molar-refractivity contribution is -0.138. The van der Waals surface area contributed by atoms with Crippen molar-refractivity contribution in [2.45, 2.75) is 23.8 Å². The first-order valence-corrected chi connectivity index (χ1v) is 13.3. The molecule has 1 atom stereocenters.